The minimum atomic E-state index is -1.05. The number of nitrogens with one attached hydrogen (secondary N) is 2. The number of pyridine rings is 1. The molecule has 1 heterocycles. The number of hydrogen-bond donors (Lipinski definition) is 2. The summed E-state index contributed by atoms with van der Waals surface area (Å²) in [7, 11) is 2.41. The van der Waals surface area contributed by atoms with Crippen LogP contribution in [0.1, 0.15) is 43.2 Å². The topological polar surface area (TPSA) is 195 Å². The summed E-state index contributed by atoms with van der Waals surface area (Å²) in [6.45, 7) is 0.0403. The first-order valence-corrected chi connectivity index (χ1v) is 17.8. The van der Waals surface area contributed by atoms with Crippen LogP contribution in [-0.2, 0) is 54.6 Å². The molecule has 0 aliphatic carbocycles. The van der Waals surface area contributed by atoms with E-state index in [9.17, 15) is 28.8 Å². The van der Waals surface area contributed by atoms with E-state index in [0.29, 0.717) is 11.1 Å². The molecule has 0 radical (unpaired) electrons. The van der Waals surface area contributed by atoms with E-state index in [2.05, 4.69) is 15.6 Å². The normalized spacial score (nSPS) is 11.5. The third-order valence-corrected chi connectivity index (χ3v) is 8.30. The van der Waals surface area contributed by atoms with E-state index in [1.165, 1.54) is 56.7 Å². The van der Waals surface area contributed by atoms with Gasteiger partial charge >= 0.3 is 36.1 Å². The highest BCUT2D eigenvalue weighted by Crippen LogP contribution is 2.18. The Bertz CT molecular complexity index is 2030. The van der Waals surface area contributed by atoms with Gasteiger partial charge in [0.1, 0.15) is 48.2 Å². The standard InChI is InChI=1S/C43H39N3O12/c1-53-38(47)36(45-42(51)55-26-30-10-5-3-6-11-30)24-28-16-20-32(21-17-28)57-40(49)34-14-9-15-35(44-34)41(50)58-33-22-18-29(19-23-33)25-37(39(48)54-2)46-43(52)56-27-31-12-7-4-8-13-31/h3-23,36-37H,24-27H2,1-2H3,(H,45,51)(H,46,52)/t36-,37-/m0/s1. The molecule has 2 N–H and O–H groups in total. The monoisotopic (exact) mass is 789 g/mol. The minimum Gasteiger partial charge on any atom is -0.467 e. The molecule has 15 heteroatoms. The third-order valence-electron chi connectivity index (χ3n) is 8.30. The second kappa shape index (κ2) is 20.9. The zero-order valence-corrected chi connectivity index (χ0v) is 31.5. The van der Waals surface area contributed by atoms with E-state index < -0.39 is 48.1 Å². The molecule has 0 spiro atoms. The average molecular weight is 790 g/mol. The van der Waals surface area contributed by atoms with Gasteiger partial charge < -0.3 is 39.1 Å². The highest BCUT2D eigenvalue weighted by atomic mass is 16.6. The quantitative estimate of drug-likeness (QED) is 0.0719. The summed E-state index contributed by atoms with van der Waals surface area (Å²) >= 11 is 0. The fourth-order valence-corrected chi connectivity index (χ4v) is 5.32. The Kier molecular flexibility index (Phi) is 15.0. The van der Waals surface area contributed by atoms with Crippen LogP contribution in [0.25, 0.3) is 0 Å². The summed E-state index contributed by atoms with van der Waals surface area (Å²) in [6, 6.07) is 32.6. The molecule has 5 aromatic rings. The summed E-state index contributed by atoms with van der Waals surface area (Å²) in [6.07, 6.45) is -1.46. The van der Waals surface area contributed by atoms with E-state index in [0.717, 1.165) is 11.1 Å². The number of carbonyl (C=O) groups is 6. The summed E-state index contributed by atoms with van der Waals surface area (Å²) in [5.41, 5.74) is 2.47. The molecule has 0 saturated carbocycles. The van der Waals surface area contributed by atoms with Crippen molar-refractivity contribution in [1.82, 2.24) is 15.6 Å². The van der Waals surface area contributed by atoms with Gasteiger partial charge in [-0.05, 0) is 58.7 Å². The second-order valence-electron chi connectivity index (χ2n) is 12.4. The number of alkyl carbamates (subject to hydrolysis) is 2. The fourth-order valence-electron chi connectivity index (χ4n) is 5.32. The third kappa shape index (κ3) is 12.8. The van der Waals surface area contributed by atoms with Crippen molar-refractivity contribution in [3.63, 3.8) is 0 Å². The molecule has 0 bridgehead atoms. The lowest BCUT2D eigenvalue weighted by Gasteiger charge is -2.17. The van der Waals surface area contributed by atoms with Crippen molar-refractivity contribution in [3.05, 3.63) is 161 Å². The second-order valence-corrected chi connectivity index (χ2v) is 12.4. The van der Waals surface area contributed by atoms with Crippen LogP contribution >= 0.6 is 0 Å². The van der Waals surface area contributed by atoms with E-state index in [-0.39, 0.29) is 48.9 Å². The lowest BCUT2D eigenvalue weighted by atomic mass is 10.1. The van der Waals surface area contributed by atoms with Gasteiger partial charge in [-0.2, -0.15) is 0 Å². The van der Waals surface area contributed by atoms with E-state index in [1.807, 2.05) is 36.4 Å². The summed E-state index contributed by atoms with van der Waals surface area (Å²) < 4.78 is 31.0. The van der Waals surface area contributed by atoms with Crippen molar-refractivity contribution in [2.45, 2.75) is 38.1 Å². The number of hydrogen-bond acceptors (Lipinski definition) is 13. The first-order chi connectivity index (χ1) is 28.1. The average Bonchev–Trinajstić information content (AvgIpc) is 3.26. The molecule has 2 amide bonds. The van der Waals surface area contributed by atoms with Gasteiger partial charge in [0.25, 0.3) is 0 Å². The summed E-state index contributed by atoms with van der Waals surface area (Å²) in [4.78, 5) is 79.6. The van der Waals surface area contributed by atoms with Gasteiger partial charge in [-0.1, -0.05) is 91.0 Å². The maximum atomic E-state index is 13.0. The Labute approximate surface area is 333 Å². The maximum absolute atomic E-state index is 13.0. The predicted octanol–water partition coefficient (Wildman–Crippen LogP) is 5.54. The molecule has 0 aliphatic heterocycles. The van der Waals surface area contributed by atoms with Gasteiger partial charge in [0, 0.05) is 12.8 Å². The molecule has 0 fully saturated rings. The number of ether oxygens (including phenoxy) is 6. The largest absolute Gasteiger partial charge is 0.467 e. The SMILES string of the molecule is COC(=O)[C@H](Cc1ccc(OC(=O)c2cccc(C(=O)Oc3ccc(C[C@H](NC(=O)OCc4ccccc4)C(=O)OC)cc3)n2)cc1)NC(=O)OCc1ccccc1. The lowest BCUT2D eigenvalue weighted by molar-refractivity contribution is -0.143. The Balaban J connectivity index is 1.12. The smallest absolute Gasteiger partial charge is 0.408 e. The Morgan fingerprint density at radius 2 is 0.862 bits per heavy atom. The Morgan fingerprint density at radius 3 is 1.22 bits per heavy atom. The zero-order chi connectivity index (χ0) is 41.3. The zero-order valence-electron chi connectivity index (χ0n) is 31.5. The van der Waals surface area contributed by atoms with Crippen LogP contribution in [0, 0.1) is 0 Å². The number of amides is 2. The summed E-state index contributed by atoms with van der Waals surface area (Å²) in [5.74, 6) is -2.74. The maximum Gasteiger partial charge on any atom is 0.408 e. The molecule has 2 atom stereocenters. The molecule has 5 rings (SSSR count). The highest BCUT2D eigenvalue weighted by Gasteiger charge is 2.25. The van der Waals surface area contributed by atoms with E-state index in [1.54, 1.807) is 48.5 Å². The van der Waals surface area contributed by atoms with Crippen molar-refractivity contribution in [2.75, 3.05) is 14.2 Å². The van der Waals surface area contributed by atoms with Crippen molar-refractivity contribution in [1.29, 1.82) is 0 Å². The van der Waals surface area contributed by atoms with Crippen molar-refractivity contribution in [3.8, 4) is 11.5 Å². The van der Waals surface area contributed by atoms with Gasteiger partial charge in [-0.25, -0.2) is 33.8 Å². The van der Waals surface area contributed by atoms with Crippen LogP contribution in [-0.4, -0.2) is 67.4 Å². The predicted molar refractivity (Wildman–Crippen MR) is 206 cm³/mol. The molecule has 58 heavy (non-hydrogen) atoms. The minimum absolute atomic E-state index is 0.0201. The molecule has 15 nitrogen and oxygen atoms in total. The van der Waals surface area contributed by atoms with Crippen molar-refractivity contribution in [2.24, 2.45) is 0 Å². The highest BCUT2D eigenvalue weighted by molar-refractivity contribution is 5.93. The van der Waals surface area contributed by atoms with Crippen LogP contribution < -0.4 is 20.1 Å². The van der Waals surface area contributed by atoms with Gasteiger partial charge in [0.2, 0.25) is 0 Å². The Hall–Kier alpha value is -7.55. The first kappa shape index (κ1) is 41.6. The summed E-state index contributed by atoms with van der Waals surface area (Å²) in [5, 5.41) is 5.03. The van der Waals surface area contributed by atoms with Crippen LogP contribution in [0.4, 0.5) is 9.59 Å². The number of nitrogens with zero attached hydrogens (tertiary/aromatic N) is 1. The molecule has 0 unspecified atom stereocenters. The number of carbonyl (C=O) groups excluding carboxylic acids is 6. The fraction of sp³-hybridized carbons (Fsp3) is 0.186. The molecular formula is C43H39N3O12. The molecule has 298 valence electrons. The van der Waals surface area contributed by atoms with Gasteiger partial charge in [-0.3, -0.25) is 0 Å². The van der Waals surface area contributed by atoms with Crippen LogP contribution in [0.5, 0.6) is 11.5 Å². The molecule has 0 saturated heterocycles. The Morgan fingerprint density at radius 1 is 0.483 bits per heavy atom. The van der Waals surface area contributed by atoms with Gasteiger partial charge in [-0.15, -0.1) is 0 Å². The van der Waals surface area contributed by atoms with Crippen LogP contribution in [0.15, 0.2) is 127 Å². The molecule has 4 aromatic carbocycles. The van der Waals surface area contributed by atoms with Crippen molar-refractivity contribution < 1.29 is 57.2 Å². The van der Waals surface area contributed by atoms with Crippen LogP contribution in [0.3, 0.4) is 0 Å². The van der Waals surface area contributed by atoms with E-state index >= 15 is 0 Å². The van der Waals surface area contributed by atoms with Crippen molar-refractivity contribution >= 4 is 36.1 Å². The first-order valence-electron chi connectivity index (χ1n) is 17.8. The number of benzene rings is 4. The molecule has 0 aliphatic rings. The number of aromatic nitrogens is 1. The van der Waals surface area contributed by atoms with Gasteiger partial charge in [0.05, 0.1) is 14.2 Å². The lowest BCUT2D eigenvalue weighted by Crippen LogP contribution is -2.43. The van der Waals surface area contributed by atoms with Crippen LogP contribution in [0.2, 0.25) is 0 Å². The van der Waals surface area contributed by atoms with Gasteiger partial charge in [0.15, 0.2) is 0 Å². The van der Waals surface area contributed by atoms with E-state index in [4.69, 9.17) is 28.4 Å². The molecule has 1 aromatic heterocycles. The number of esters is 4. The number of methoxy groups -OCH3 is 2. The number of rotatable bonds is 16. The molecular weight excluding hydrogens is 750 g/mol.